The Labute approximate surface area is 130 Å². The molecule has 1 atom stereocenters. The maximum atomic E-state index is 12.2. The molecular formula is C14H21N3O4S. The molecule has 1 amide bonds. The van der Waals surface area contributed by atoms with Crippen molar-refractivity contribution in [2.45, 2.75) is 37.9 Å². The lowest BCUT2D eigenvalue weighted by molar-refractivity contribution is 0.0289. The van der Waals surface area contributed by atoms with Crippen molar-refractivity contribution in [2.24, 2.45) is 5.92 Å². The second-order valence-corrected chi connectivity index (χ2v) is 8.32. The quantitative estimate of drug-likeness (QED) is 0.782. The third-order valence-corrected chi connectivity index (χ3v) is 4.89. The lowest BCUT2D eigenvalue weighted by Gasteiger charge is -2.24. The molecule has 2 heterocycles. The van der Waals surface area contributed by atoms with Gasteiger partial charge in [0.05, 0.1) is 5.75 Å². The summed E-state index contributed by atoms with van der Waals surface area (Å²) >= 11 is 0. The van der Waals surface area contributed by atoms with Gasteiger partial charge < -0.3 is 9.64 Å². The molecule has 1 unspecified atom stereocenters. The van der Waals surface area contributed by atoms with Crippen molar-refractivity contribution in [3.8, 4) is 0 Å². The van der Waals surface area contributed by atoms with Gasteiger partial charge in [0.1, 0.15) is 5.60 Å². The third kappa shape index (κ3) is 4.40. The predicted octanol–water partition coefficient (Wildman–Crippen LogP) is 1.51. The number of hydrogen-bond donors (Lipinski definition) is 0. The first-order valence-electron chi connectivity index (χ1n) is 7.15. The van der Waals surface area contributed by atoms with Crippen LogP contribution in [0.1, 0.15) is 27.2 Å². The number of hydrogen-bond acceptors (Lipinski definition) is 6. The van der Waals surface area contributed by atoms with E-state index in [4.69, 9.17) is 4.74 Å². The summed E-state index contributed by atoms with van der Waals surface area (Å²) in [6.45, 7) is 6.28. The van der Waals surface area contributed by atoms with E-state index >= 15 is 0 Å². The van der Waals surface area contributed by atoms with Crippen LogP contribution in [0, 0.1) is 5.92 Å². The predicted molar refractivity (Wildman–Crippen MR) is 80.0 cm³/mol. The normalized spacial score (nSPS) is 19.2. The van der Waals surface area contributed by atoms with Gasteiger partial charge in [-0.05, 0) is 39.2 Å². The molecule has 0 aromatic carbocycles. The lowest BCUT2D eigenvalue weighted by atomic mass is 10.2. The minimum absolute atomic E-state index is 0.0592. The van der Waals surface area contributed by atoms with Crippen LogP contribution in [0.4, 0.5) is 4.79 Å². The average Bonchev–Trinajstić information content (AvgIpc) is 2.86. The van der Waals surface area contributed by atoms with E-state index in [1.54, 1.807) is 31.7 Å². The summed E-state index contributed by atoms with van der Waals surface area (Å²) in [5.41, 5.74) is -0.556. The molecule has 8 heteroatoms. The SMILES string of the molecule is CC(C)(C)OC(=O)N1CCC(CS(=O)(=O)c2ncccn2)C1. The molecule has 1 aliphatic rings. The number of ether oxygens (including phenoxy) is 1. The highest BCUT2D eigenvalue weighted by molar-refractivity contribution is 7.91. The molecule has 0 bridgehead atoms. The molecule has 7 nitrogen and oxygen atoms in total. The number of amides is 1. The van der Waals surface area contributed by atoms with Gasteiger partial charge in [-0.3, -0.25) is 0 Å². The van der Waals surface area contributed by atoms with Crippen molar-refractivity contribution < 1.29 is 17.9 Å². The molecule has 0 saturated carbocycles. The monoisotopic (exact) mass is 327 g/mol. The molecular weight excluding hydrogens is 306 g/mol. The van der Waals surface area contributed by atoms with Crippen LogP contribution in [-0.4, -0.2) is 53.8 Å². The number of aromatic nitrogens is 2. The van der Waals surface area contributed by atoms with E-state index < -0.39 is 21.5 Å². The molecule has 1 aromatic rings. The van der Waals surface area contributed by atoms with Gasteiger partial charge in [-0.15, -0.1) is 0 Å². The largest absolute Gasteiger partial charge is 0.444 e. The average molecular weight is 327 g/mol. The summed E-state index contributed by atoms with van der Waals surface area (Å²) in [7, 11) is -3.53. The zero-order chi connectivity index (χ0) is 16.4. The van der Waals surface area contributed by atoms with E-state index in [-0.39, 0.29) is 16.8 Å². The van der Waals surface area contributed by atoms with Gasteiger partial charge in [0.25, 0.3) is 0 Å². The highest BCUT2D eigenvalue weighted by Gasteiger charge is 2.33. The highest BCUT2D eigenvalue weighted by Crippen LogP contribution is 2.22. The maximum absolute atomic E-state index is 12.2. The Morgan fingerprint density at radius 2 is 2.00 bits per heavy atom. The second kappa shape index (κ2) is 6.20. The van der Waals surface area contributed by atoms with Crippen LogP contribution in [0.5, 0.6) is 0 Å². The minimum Gasteiger partial charge on any atom is -0.444 e. The van der Waals surface area contributed by atoms with Crippen molar-refractivity contribution in [3.63, 3.8) is 0 Å². The summed E-state index contributed by atoms with van der Waals surface area (Å²) in [4.78, 5) is 21.1. The van der Waals surface area contributed by atoms with Crippen LogP contribution in [0.3, 0.4) is 0 Å². The van der Waals surface area contributed by atoms with E-state index in [2.05, 4.69) is 9.97 Å². The number of carbonyl (C=O) groups excluding carboxylic acids is 1. The van der Waals surface area contributed by atoms with E-state index in [9.17, 15) is 13.2 Å². The zero-order valence-corrected chi connectivity index (χ0v) is 13.8. The van der Waals surface area contributed by atoms with Crippen LogP contribution < -0.4 is 0 Å². The van der Waals surface area contributed by atoms with Gasteiger partial charge in [-0.2, -0.15) is 0 Å². The fourth-order valence-corrected chi connectivity index (χ4v) is 3.78. The summed E-state index contributed by atoms with van der Waals surface area (Å²) in [6, 6.07) is 1.57. The summed E-state index contributed by atoms with van der Waals surface area (Å²) in [5.74, 6) is -0.183. The molecule has 0 spiro atoms. The molecule has 1 saturated heterocycles. The van der Waals surface area contributed by atoms with Gasteiger partial charge in [0.15, 0.2) is 0 Å². The van der Waals surface area contributed by atoms with E-state index in [1.807, 2.05) is 0 Å². The summed E-state index contributed by atoms with van der Waals surface area (Å²) in [5, 5.41) is -0.161. The van der Waals surface area contributed by atoms with Crippen LogP contribution >= 0.6 is 0 Å². The molecule has 1 fully saturated rings. The van der Waals surface area contributed by atoms with Gasteiger partial charge in [0.2, 0.25) is 15.0 Å². The highest BCUT2D eigenvalue weighted by atomic mass is 32.2. The van der Waals surface area contributed by atoms with Gasteiger partial charge in [-0.1, -0.05) is 0 Å². The topological polar surface area (TPSA) is 89.5 Å². The standard InChI is InChI=1S/C14H21N3O4S/c1-14(2,3)21-13(18)17-8-5-11(9-17)10-22(19,20)12-15-6-4-7-16-12/h4,6-7,11H,5,8-10H2,1-3H3. The molecule has 122 valence electrons. The first kappa shape index (κ1) is 16.7. The minimum atomic E-state index is -3.53. The Bertz CT molecular complexity index is 625. The van der Waals surface area contributed by atoms with E-state index in [0.29, 0.717) is 19.5 Å². The number of carbonyl (C=O) groups is 1. The van der Waals surface area contributed by atoms with Gasteiger partial charge >= 0.3 is 6.09 Å². The number of likely N-dealkylation sites (tertiary alicyclic amines) is 1. The van der Waals surface area contributed by atoms with Crippen molar-refractivity contribution in [3.05, 3.63) is 18.5 Å². The fourth-order valence-electron chi connectivity index (χ4n) is 2.29. The number of sulfone groups is 1. The molecule has 22 heavy (non-hydrogen) atoms. The number of nitrogens with zero attached hydrogens (tertiary/aromatic N) is 3. The van der Waals surface area contributed by atoms with Gasteiger partial charge in [-0.25, -0.2) is 23.2 Å². The van der Waals surface area contributed by atoms with Crippen LogP contribution in [-0.2, 0) is 14.6 Å². The third-order valence-electron chi connectivity index (χ3n) is 3.21. The van der Waals surface area contributed by atoms with Crippen molar-refractivity contribution in [1.29, 1.82) is 0 Å². The summed E-state index contributed by atoms with van der Waals surface area (Å²) < 4.78 is 29.8. The lowest BCUT2D eigenvalue weighted by Crippen LogP contribution is -2.35. The molecule has 0 radical (unpaired) electrons. The Morgan fingerprint density at radius 3 is 2.59 bits per heavy atom. The molecule has 0 aliphatic carbocycles. The molecule has 1 aliphatic heterocycles. The van der Waals surface area contributed by atoms with Crippen molar-refractivity contribution >= 4 is 15.9 Å². The first-order valence-corrected chi connectivity index (χ1v) is 8.80. The molecule has 0 N–H and O–H groups in total. The maximum Gasteiger partial charge on any atom is 0.410 e. The molecule has 1 aromatic heterocycles. The van der Waals surface area contributed by atoms with Crippen molar-refractivity contribution in [2.75, 3.05) is 18.8 Å². The summed E-state index contributed by atoms with van der Waals surface area (Å²) in [6.07, 6.45) is 3.04. The molecule has 2 rings (SSSR count). The van der Waals surface area contributed by atoms with Crippen LogP contribution in [0.15, 0.2) is 23.6 Å². The van der Waals surface area contributed by atoms with Gasteiger partial charge in [0, 0.05) is 25.5 Å². The fraction of sp³-hybridized carbons (Fsp3) is 0.643. The zero-order valence-electron chi connectivity index (χ0n) is 13.0. The first-order chi connectivity index (χ1) is 10.2. The Kier molecular flexibility index (Phi) is 4.69. The Hall–Kier alpha value is -1.70. The number of rotatable bonds is 3. The van der Waals surface area contributed by atoms with Crippen LogP contribution in [0.25, 0.3) is 0 Å². The van der Waals surface area contributed by atoms with E-state index in [1.165, 1.54) is 12.4 Å². The Balaban J connectivity index is 1.95. The van der Waals surface area contributed by atoms with Crippen LogP contribution in [0.2, 0.25) is 0 Å². The second-order valence-electron chi connectivity index (χ2n) is 6.39. The van der Waals surface area contributed by atoms with Crippen molar-refractivity contribution in [1.82, 2.24) is 14.9 Å². The Morgan fingerprint density at radius 1 is 1.36 bits per heavy atom. The van der Waals surface area contributed by atoms with E-state index in [0.717, 1.165) is 0 Å². The smallest absolute Gasteiger partial charge is 0.410 e.